The number of hydrogen-bond donors (Lipinski definition) is 1. The lowest BCUT2D eigenvalue weighted by atomic mass is 10.2. The van der Waals surface area contributed by atoms with E-state index in [1.165, 1.54) is 4.57 Å². The summed E-state index contributed by atoms with van der Waals surface area (Å²) in [5.41, 5.74) is 1.98. The third kappa shape index (κ3) is 3.02. The third-order valence-corrected chi connectivity index (χ3v) is 5.04. The molecule has 8 heteroatoms. The summed E-state index contributed by atoms with van der Waals surface area (Å²) in [6.45, 7) is 1.84. The number of hydrogen-bond acceptors (Lipinski definition) is 4. The van der Waals surface area contributed by atoms with Crippen LogP contribution in [-0.2, 0) is 17.8 Å². The van der Waals surface area contributed by atoms with E-state index < -0.39 is 0 Å². The van der Waals surface area contributed by atoms with Crippen LogP contribution < -0.4 is 10.9 Å². The molecule has 1 N–H and O–H groups in total. The number of para-hydroxylation sites is 3. The van der Waals surface area contributed by atoms with Gasteiger partial charge < -0.3 is 5.32 Å². The number of halogens is 1. The smallest absolute Gasteiger partial charge is 0.297 e. The minimum Gasteiger partial charge on any atom is -0.324 e. The number of amides is 1. The number of nitrogens with zero attached hydrogens (tertiary/aromatic N) is 4. The van der Waals surface area contributed by atoms with Gasteiger partial charge in [0.2, 0.25) is 11.6 Å². The molecule has 1 amide bonds. The third-order valence-electron chi connectivity index (χ3n) is 4.35. The Morgan fingerprint density at radius 3 is 2.52 bits per heavy atom. The lowest BCUT2D eigenvalue weighted by molar-refractivity contribution is -0.116. The number of aromatic nitrogens is 4. The molecule has 0 aliphatic carbocycles. The number of nitrogens with one attached hydrogen (secondary N) is 1. The van der Waals surface area contributed by atoms with Gasteiger partial charge in [-0.3, -0.25) is 18.6 Å². The van der Waals surface area contributed by atoms with Crippen LogP contribution in [-0.4, -0.2) is 25.1 Å². The largest absolute Gasteiger partial charge is 0.324 e. The molecule has 27 heavy (non-hydrogen) atoms. The molecule has 4 rings (SSSR count). The molecule has 0 saturated carbocycles. The summed E-state index contributed by atoms with van der Waals surface area (Å²) < 4.78 is 3.97. The van der Waals surface area contributed by atoms with Crippen LogP contribution in [0.4, 0.5) is 5.69 Å². The van der Waals surface area contributed by atoms with Gasteiger partial charge in [-0.05, 0) is 40.2 Å². The van der Waals surface area contributed by atoms with Gasteiger partial charge in [-0.1, -0.05) is 31.2 Å². The van der Waals surface area contributed by atoms with Crippen molar-refractivity contribution < 1.29 is 4.79 Å². The summed E-state index contributed by atoms with van der Waals surface area (Å²) >= 11 is 3.40. The normalized spacial score (nSPS) is 11.2. The second-order valence-electron chi connectivity index (χ2n) is 6.04. The maximum atomic E-state index is 13.0. The molecule has 2 aromatic carbocycles. The molecule has 0 bridgehead atoms. The van der Waals surface area contributed by atoms with Gasteiger partial charge in [-0.2, -0.15) is 0 Å². The number of carbonyl (C=O) groups is 1. The quantitative estimate of drug-likeness (QED) is 0.544. The van der Waals surface area contributed by atoms with Crippen molar-refractivity contribution in [1.82, 2.24) is 19.2 Å². The Balaban J connectivity index is 1.81. The van der Waals surface area contributed by atoms with Gasteiger partial charge in [-0.15, -0.1) is 10.2 Å². The molecule has 136 valence electrons. The van der Waals surface area contributed by atoms with Crippen molar-refractivity contribution in [2.24, 2.45) is 0 Å². The highest BCUT2D eigenvalue weighted by molar-refractivity contribution is 9.10. The molecule has 0 atom stereocenters. The molecule has 2 aromatic heterocycles. The highest BCUT2D eigenvalue weighted by atomic mass is 79.9. The Labute approximate surface area is 162 Å². The zero-order valence-corrected chi connectivity index (χ0v) is 16.1. The Hall–Kier alpha value is -3.00. The summed E-state index contributed by atoms with van der Waals surface area (Å²) in [6.07, 6.45) is 0.650. The first kappa shape index (κ1) is 17.4. The number of benzene rings is 2. The Morgan fingerprint density at radius 1 is 1.07 bits per heavy atom. The van der Waals surface area contributed by atoms with Gasteiger partial charge in [0.15, 0.2) is 0 Å². The molecule has 0 radical (unpaired) electrons. The van der Waals surface area contributed by atoms with E-state index in [1.807, 2.05) is 49.4 Å². The van der Waals surface area contributed by atoms with Gasteiger partial charge in [0.05, 0.1) is 16.7 Å². The monoisotopic (exact) mass is 425 g/mol. The van der Waals surface area contributed by atoms with E-state index in [4.69, 9.17) is 0 Å². The van der Waals surface area contributed by atoms with Gasteiger partial charge >= 0.3 is 0 Å². The van der Waals surface area contributed by atoms with Crippen LogP contribution >= 0.6 is 15.9 Å². The van der Waals surface area contributed by atoms with Gasteiger partial charge in [0.1, 0.15) is 12.4 Å². The van der Waals surface area contributed by atoms with Crippen molar-refractivity contribution in [3.8, 4) is 0 Å². The molecule has 0 spiro atoms. The zero-order chi connectivity index (χ0) is 19.0. The van der Waals surface area contributed by atoms with E-state index in [1.54, 1.807) is 10.5 Å². The summed E-state index contributed by atoms with van der Waals surface area (Å²) in [7, 11) is 0. The number of rotatable bonds is 4. The van der Waals surface area contributed by atoms with Crippen LogP contribution in [0.2, 0.25) is 0 Å². The minimum atomic E-state index is -0.344. The highest BCUT2D eigenvalue weighted by Gasteiger charge is 2.17. The summed E-state index contributed by atoms with van der Waals surface area (Å²) in [6, 6.07) is 14.8. The Morgan fingerprint density at radius 2 is 1.78 bits per heavy atom. The molecular formula is C19H16BrN5O2. The predicted octanol–water partition coefficient (Wildman–Crippen LogP) is 3.01. The molecule has 0 aliphatic heterocycles. The van der Waals surface area contributed by atoms with E-state index in [0.29, 0.717) is 23.4 Å². The van der Waals surface area contributed by atoms with Crippen molar-refractivity contribution in [3.63, 3.8) is 0 Å². The van der Waals surface area contributed by atoms with Gasteiger partial charge in [0.25, 0.3) is 5.56 Å². The number of anilines is 1. The standard InChI is InChI=1S/C19H16BrN5O2/c1-2-16-22-23-18-19(27)24(14-9-5-6-10-15(14)25(16)18)11-17(26)21-13-8-4-3-7-12(13)20/h3-10H,2,11H2,1H3,(H,21,26). The average molecular weight is 426 g/mol. The van der Waals surface area contributed by atoms with Crippen molar-refractivity contribution in [1.29, 1.82) is 0 Å². The van der Waals surface area contributed by atoms with Crippen molar-refractivity contribution in [3.05, 3.63) is 69.2 Å². The SMILES string of the molecule is CCc1nnc2c(=O)n(CC(=O)Nc3ccccc3Br)c3ccccc3n12. The number of carbonyl (C=O) groups excluding carboxylic acids is 1. The summed E-state index contributed by atoms with van der Waals surface area (Å²) in [5.74, 6) is 0.414. The van der Waals surface area contributed by atoms with E-state index in [9.17, 15) is 9.59 Å². The fourth-order valence-corrected chi connectivity index (χ4v) is 3.49. The average Bonchev–Trinajstić information content (AvgIpc) is 3.11. The first-order chi connectivity index (χ1) is 13.1. The van der Waals surface area contributed by atoms with Crippen molar-refractivity contribution >= 4 is 44.2 Å². The summed E-state index contributed by atoms with van der Waals surface area (Å²) in [4.78, 5) is 25.6. The first-order valence-corrected chi connectivity index (χ1v) is 9.29. The lowest BCUT2D eigenvalue weighted by Gasteiger charge is -2.13. The Bertz CT molecular complexity index is 1230. The fourth-order valence-electron chi connectivity index (χ4n) is 3.10. The maximum absolute atomic E-state index is 13.0. The van der Waals surface area contributed by atoms with E-state index in [2.05, 4.69) is 31.4 Å². The molecular weight excluding hydrogens is 410 g/mol. The molecule has 0 aliphatic rings. The van der Waals surface area contributed by atoms with Gasteiger partial charge in [0, 0.05) is 10.9 Å². The fraction of sp³-hybridized carbons (Fsp3) is 0.158. The maximum Gasteiger partial charge on any atom is 0.297 e. The lowest BCUT2D eigenvalue weighted by Crippen LogP contribution is -2.29. The van der Waals surface area contributed by atoms with Crippen LogP contribution in [0.5, 0.6) is 0 Å². The number of fused-ring (bicyclic) bond motifs is 3. The summed E-state index contributed by atoms with van der Waals surface area (Å²) in [5, 5.41) is 11.0. The first-order valence-electron chi connectivity index (χ1n) is 8.50. The minimum absolute atomic E-state index is 0.120. The van der Waals surface area contributed by atoms with Crippen molar-refractivity contribution in [2.45, 2.75) is 19.9 Å². The zero-order valence-electron chi connectivity index (χ0n) is 14.5. The molecule has 4 aromatic rings. The van der Waals surface area contributed by atoms with E-state index >= 15 is 0 Å². The molecule has 0 saturated heterocycles. The van der Waals surface area contributed by atoms with Crippen LogP contribution in [0.15, 0.2) is 57.8 Å². The number of aryl methyl sites for hydroxylation is 1. The van der Waals surface area contributed by atoms with Gasteiger partial charge in [-0.25, -0.2) is 0 Å². The second kappa shape index (κ2) is 6.96. The predicted molar refractivity (Wildman–Crippen MR) is 107 cm³/mol. The Kier molecular flexibility index (Phi) is 4.49. The van der Waals surface area contributed by atoms with E-state index in [0.717, 1.165) is 9.99 Å². The second-order valence-corrected chi connectivity index (χ2v) is 6.89. The van der Waals surface area contributed by atoms with E-state index in [-0.39, 0.29) is 23.7 Å². The van der Waals surface area contributed by atoms with Crippen LogP contribution in [0.1, 0.15) is 12.7 Å². The highest BCUT2D eigenvalue weighted by Crippen LogP contribution is 2.21. The molecule has 0 fully saturated rings. The molecule has 2 heterocycles. The van der Waals surface area contributed by atoms with Crippen molar-refractivity contribution in [2.75, 3.05) is 5.32 Å². The van der Waals surface area contributed by atoms with Crippen LogP contribution in [0, 0.1) is 0 Å². The molecule has 0 unspecified atom stereocenters. The topological polar surface area (TPSA) is 81.3 Å². The van der Waals surface area contributed by atoms with Crippen LogP contribution in [0.3, 0.4) is 0 Å². The van der Waals surface area contributed by atoms with Crippen LogP contribution in [0.25, 0.3) is 16.7 Å². The molecule has 7 nitrogen and oxygen atoms in total.